The Morgan fingerprint density at radius 1 is 0.846 bits per heavy atom. The number of ether oxygens (including phenoxy) is 2. The SMILES string of the molecule is C1CCCCC1.CC1COCCO1. The Morgan fingerprint density at radius 2 is 1.38 bits per heavy atom. The van der Waals surface area contributed by atoms with E-state index in [1.165, 1.54) is 38.5 Å². The summed E-state index contributed by atoms with van der Waals surface area (Å²) in [5.74, 6) is 0. The molecule has 2 heteroatoms. The Balaban J connectivity index is 0.000000132. The molecule has 1 atom stereocenters. The number of rotatable bonds is 0. The average molecular weight is 186 g/mol. The average Bonchev–Trinajstić information content (AvgIpc) is 2.22. The zero-order valence-corrected chi connectivity index (χ0v) is 8.76. The van der Waals surface area contributed by atoms with Gasteiger partial charge in [-0.3, -0.25) is 0 Å². The van der Waals surface area contributed by atoms with Crippen molar-refractivity contribution in [2.45, 2.75) is 51.6 Å². The largest absolute Gasteiger partial charge is 0.376 e. The van der Waals surface area contributed by atoms with Crippen LogP contribution in [0.15, 0.2) is 0 Å². The first-order valence-corrected chi connectivity index (χ1v) is 5.59. The quantitative estimate of drug-likeness (QED) is 0.579. The van der Waals surface area contributed by atoms with Crippen LogP contribution in [0.3, 0.4) is 0 Å². The van der Waals surface area contributed by atoms with Gasteiger partial charge in [-0.2, -0.15) is 0 Å². The highest BCUT2D eigenvalue weighted by molar-refractivity contribution is 4.51. The molecular weight excluding hydrogens is 164 g/mol. The Labute approximate surface area is 81.6 Å². The fraction of sp³-hybridized carbons (Fsp3) is 1.00. The molecule has 1 unspecified atom stereocenters. The summed E-state index contributed by atoms with van der Waals surface area (Å²) in [6.07, 6.45) is 9.31. The van der Waals surface area contributed by atoms with Crippen LogP contribution in [0, 0.1) is 0 Å². The normalized spacial score (nSPS) is 28.8. The molecule has 1 aliphatic heterocycles. The highest BCUT2D eigenvalue weighted by Gasteiger charge is 2.06. The van der Waals surface area contributed by atoms with Crippen molar-refractivity contribution >= 4 is 0 Å². The summed E-state index contributed by atoms with van der Waals surface area (Å²) < 4.78 is 10.2. The van der Waals surface area contributed by atoms with E-state index in [-0.39, 0.29) is 0 Å². The molecule has 0 spiro atoms. The molecule has 1 saturated heterocycles. The van der Waals surface area contributed by atoms with E-state index < -0.39 is 0 Å². The third-order valence-electron chi connectivity index (χ3n) is 2.48. The minimum atomic E-state index is 0.314. The van der Waals surface area contributed by atoms with E-state index >= 15 is 0 Å². The van der Waals surface area contributed by atoms with Gasteiger partial charge in [0.05, 0.1) is 25.9 Å². The summed E-state index contributed by atoms with van der Waals surface area (Å²) >= 11 is 0. The Kier molecular flexibility index (Phi) is 6.21. The lowest BCUT2D eigenvalue weighted by atomic mass is 10.0. The van der Waals surface area contributed by atoms with Crippen LogP contribution >= 0.6 is 0 Å². The molecule has 2 rings (SSSR count). The second-order valence-electron chi connectivity index (χ2n) is 3.88. The molecule has 0 aromatic heterocycles. The predicted octanol–water partition coefficient (Wildman–Crippen LogP) is 2.76. The lowest BCUT2D eigenvalue weighted by Gasteiger charge is -2.18. The van der Waals surface area contributed by atoms with E-state index in [0.717, 1.165) is 19.8 Å². The smallest absolute Gasteiger partial charge is 0.0781 e. The molecule has 2 aliphatic rings. The van der Waals surface area contributed by atoms with Crippen molar-refractivity contribution in [3.05, 3.63) is 0 Å². The van der Waals surface area contributed by atoms with Crippen molar-refractivity contribution < 1.29 is 9.47 Å². The van der Waals surface area contributed by atoms with Gasteiger partial charge in [0, 0.05) is 0 Å². The molecule has 78 valence electrons. The molecule has 0 aromatic carbocycles. The summed E-state index contributed by atoms with van der Waals surface area (Å²) in [5.41, 5.74) is 0. The van der Waals surface area contributed by atoms with Crippen LogP contribution in [0.2, 0.25) is 0 Å². The van der Waals surface area contributed by atoms with Gasteiger partial charge in [0.1, 0.15) is 0 Å². The van der Waals surface area contributed by atoms with Gasteiger partial charge in [0.2, 0.25) is 0 Å². The van der Waals surface area contributed by atoms with Gasteiger partial charge >= 0.3 is 0 Å². The van der Waals surface area contributed by atoms with Crippen molar-refractivity contribution in [3.8, 4) is 0 Å². The van der Waals surface area contributed by atoms with Gasteiger partial charge in [0.25, 0.3) is 0 Å². The lowest BCUT2D eigenvalue weighted by Crippen LogP contribution is -2.25. The van der Waals surface area contributed by atoms with Gasteiger partial charge in [0.15, 0.2) is 0 Å². The summed E-state index contributed by atoms with van der Waals surface area (Å²) in [7, 11) is 0. The van der Waals surface area contributed by atoms with Gasteiger partial charge in [-0.15, -0.1) is 0 Å². The van der Waals surface area contributed by atoms with Gasteiger partial charge in [-0.25, -0.2) is 0 Å². The molecule has 2 fully saturated rings. The number of hydrogen-bond acceptors (Lipinski definition) is 2. The molecule has 1 saturated carbocycles. The van der Waals surface area contributed by atoms with E-state index in [1.54, 1.807) is 0 Å². The fourth-order valence-corrected chi connectivity index (χ4v) is 1.67. The third kappa shape index (κ3) is 6.05. The van der Waals surface area contributed by atoms with Crippen LogP contribution in [0.1, 0.15) is 45.4 Å². The first-order valence-electron chi connectivity index (χ1n) is 5.59. The standard InChI is InChI=1S/C6H12.C5H10O2/c1-2-4-6-5-3-1;1-5-4-6-2-3-7-5/h1-6H2;5H,2-4H2,1H3. The third-order valence-corrected chi connectivity index (χ3v) is 2.48. The molecule has 0 bridgehead atoms. The number of hydrogen-bond donors (Lipinski definition) is 0. The zero-order chi connectivity index (χ0) is 9.36. The summed E-state index contributed by atoms with van der Waals surface area (Å²) in [4.78, 5) is 0. The van der Waals surface area contributed by atoms with Crippen molar-refractivity contribution in [3.63, 3.8) is 0 Å². The second kappa shape index (κ2) is 7.34. The minimum absolute atomic E-state index is 0.314. The van der Waals surface area contributed by atoms with Crippen LogP contribution < -0.4 is 0 Å². The predicted molar refractivity (Wildman–Crippen MR) is 53.9 cm³/mol. The van der Waals surface area contributed by atoms with E-state index in [9.17, 15) is 0 Å². The van der Waals surface area contributed by atoms with Gasteiger partial charge in [-0.1, -0.05) is 38.5 Å². The van der Waals surface area contributed by atoms with Crippen LogP contribution in [-0.2, 0) is 9.47 Å². The Morgan fingerprint density at radius 3 is 1.62 bits per heavy atom. The highest BCUT2D eigenvalue weighted by atomic mass is 16.6. The van der Waals surface area contributed by atoms with Crippen LogP contribution in [0.25, 0.3) is 0 Å². The van der Waals surface area contributed by atoms with Crippen molar-refractivity contribution in [1.82, 2.24) is 0 Å². The van der Waals surface area contributed by atoms with E-state index in [2.05, 4.69) is 0 Å². The lowest BCUT2D eigenvalue weighted by molar-refractivity contribution is -0.0797. The van der Waals surface area contributed by atoms with Crippen molar-refractivity contribution in [1.29, 1.82) is 0 Å². The maximum Gasteiger partial charge on any atom is 0.0781 e. The Hall–Kier alpha value is -0.0800. The maximum absolute atomic E-state index is 5.15. The summed E-state index contributed by atoms with van der Waals surface area (Å²) in [5, 5.41) is 0. The summed E-state index contributed by atoms with van der Waals surface area (Å²) in [6, 6.07) is 0. The van der Waals surface area contributed by atoms with E-state index in [1.807, 2.05) is 6.92 Å². The van der Waals surface area contributed by atoms with Gasteiger partial charge < -0.3 is 9.47 Å². The molecule has 1 heterocycles. The monoisotopic (exact) mass is 186 g/mol. The molecular formula is C11H22O2. The maximum atomic E-state index is 5.15. The first kappa shape index (κ1) is 11.0. The highest BCUT2D eigenvalue weighted by Crippen LogP contribution is 2.15. The summed E-state index contributed by atoms with van der Waals surface area (Å²) in [6.45, 7) is 4.31. The molecule has 0 N–H and O–H groups in total. The van der Waals surface area contributed by atoms with Crippen molar-refractivity contribution in [2.24, 2.45) is 0 Å². The molecule has 0 radical (unpaired) electrons. The molecule has 13 heavy (non-hydrogen) atoms. The molecule has 2 nitrogen and oxygen atoms in total. The van der Waals surface area contributed by atoms with Crippen LogP contribution in [0.5, 0.6) is 0 Å². The minimum Gasteiger partial charge on any atom is -0.376 e. The van der Waals surface area contributed by atoms with Gasteiger partial charge in [-0.05, 0) is 6.92 Å². The molecule has 0 amide bonds. The van der Waals surface area contributed by atoms with E-state index in [4.69, 9.17) is 9.47 Å². The molecule has 0 aromatic rings. The first-order chi connectivity index (χ1) is 6.39. The van der Waals surface area contributed by atoms with Crippen LogP contribution in [0.4, 0.5) is 0 Å². The fourth-order valence-electron chi connectivity index (χ4n) is 1.67. The van der Waals surface area contributed by atoms with Crippen molar-refractivity contribution in [2.75, 3.05) is 19.8 Å². The molecule has 1 aliphatic carbocycles. The topological polar surface area (TPSA) is 18.5 Å². The zero-order valence-electron chi connectivity index (χ0n) is 8.76. The second-order valence-corrected chi connectivity index (χ2v) is 3.88. The van der Waals surface area contributed by atoms with E-state index in [0.29, 0.717) is 6.10 Å². The van der Waals surface area contributed by atoms with Crippen LogP contribution in [-0.4, -0.2) is 25.9 Å². The Bertz CT molecular complexity index is 93.1.